The Labute approximate surface area is 117 Å². The third-order valence-electron chi connectivity index (χ3n) is 2.80. The molecule has 1 aromatic heterocycles. The predicted octanol–water partition coefficient (Wildman–Crippen LogP) is 0.966. The Morgan fingerprint density at radius 3 is 2.45 bits per heavy atom. The van der Waals surface area contributed by atoms with Crippen molar-refractivity contribution in [3.8, 4) is 0 Å². The highest BCUT2D eigenvalue weighted by molar-refractivity contribution is 7.89. The maximum absolute atomic E-state index is 11.1. The van der Waals surface area contributed by atoms with E-state index in [-0.39, 0.29) is 4.90 Å². The monoisotopic (exact) mass is 292 g/mol. The SMILES string of the molecule is Nc1cccnc1NCCc1ccc(S(N)(=O)=O)cc1. The van der Waals surface area contributed by atoms with Crippen molar-refractivity contribution in [1.82, 2.24) is 4.98 Å². The lowest BCUT2D eigenvalue weighted by molar-refractivity contribution is 0.598. The lowest BCUT2D eigenvalue weighted by atomic mass is 10.1. The van der Waals surface area contributed by atoms with Crippen molar-refractivity contribution >= 4 is 21.5 Å². The van der Waals surface area contributed by atoms with Gasteiger partial charge < -0.3 is 11.1 Å². The van der Waals surface area contributed by atoms with Gasteiger partial charge in [0, 0.05) is 12.7 Å². The number of benzene rings is 1. The van der Waals surface area contributed by atoms with Crippen molar-refractivity contribution in [2.45, 2.75) is 11.3 Å². The van der Waals surface area contributed by atoms with E-state index < -0.39 is 10.0 Å². The Balaban J connectivity index is 1.94. The summed E-state index contributed by atoms with van der Waals surface area (Å²) in [6.07, 6.45) is 2.39. The van der Waals surface area contributed by atoms with Crippen molar-refractivity contribution in [2.24, 2.45) is 5.14 Å². The Hall–Kier alpha value is -2.12. The summed E-state index contributed by atoms with van der Waals surface area (Å²) in [7, 11) is -3.63. The topological polar surface area (TPSA) is 111 Å². The van der Waals surface area contributed by atoms with Gasteiger partial charge in [-0.25, -0.2) is 18.5 Å². The number of nitrogens with zero attached hydrogens (tertiary/aromatic N) is 1. The van der Waals surface area contributed by atoms with Crippen molar-refractivity contribution in [3.05, 3.63) is 48.2 Å². The second-order valence-electron chi connectivity index (χ2n) is 4.31. The maximum Gasteiger partial charge on any atom is 0.238 e. The van der Waals surface area contributed by atoms with Crippen LogP contribution >= 0.6 is 0 Å². The zero-order valence-electron chi connectivity index (χ0n) is 10.8. The Kier molecular flexibility index (Phi) is 4.21. The molecule has 0 bridgehead atoms. The van der Waals surface area contributed by atoms with Crippen LogP contribution < -0.4 is 16.2 Å². The van der Waals surface area contributed by atoms with Crippen molar-refractivity contribution in [3.63, 3.8) is 0 Å². The smallest absolute Gasteiger partial charge is 0.238 e. The molecule has 0 spiro atoms. The quantitative estimate of drug-likeness (QED) is 0.760. The summed E-state index contributed by atoms with van der Waals surface area (Å²) in [4.78, 5) is 4.24. The third-order valence-corrected chi connectivity index (χ3v) is 3.73. The van der Waals surface area contributed by atoms with E-state index in [0.717, 1.165) is 12.0 Å². The van der Waals surface area contributed by atoms with Crippen LogP contribution in [-0.2, 0) is 16.4 Å². The lowest BCUT2D eigenvalue weighted by Crippen LogP contribution is -2.12. The van der Waals surface area contributed by atoms with Crippen molar-refractivity contribution in [1.29, 1.82) is 0 Å². The molecule has 106 valence electrons. The van der Waals surface area contributed by atoms with Crippen LogP contribution in [0.1, 0.15) is 5.56 Å². The van der Waals surface area contributed by atoms with Crippen LogP contribution in [0.3, 0.4) is 0 Å². The van der Waals surface area contributed by atoms with Crippen molar-refractivity contribution < 1.29 is 8.42 Å². The number of primary sulfonamides is 1. The molecule has 7 heteroatoms. The molecule has 6 nitrogen and oxygen atoms in total. The first-order valence-electron chi connectivity index (χ1n) is 6.03. The van der Waals surface area contributed by atoms with Gasteiger partial charge >= 0.3 is 0 Å². The number of anilines is 2. The minimum absolute atomic E-state index is 0.114. The Bertz CT molecular complexity index is 684. The molecule has 0 saturated heterocycles. The molecule has 2 rings (SSSR count). The molecular weight excluding hydrogens is 276 g/mol. The first kappa shape index (κ1) is 14.3. The second-order valence-corrected chi connectivity index (χ2v) is 5.87. The van der Waals surface area contributed by atoms with Gasteiger partial charge in [0.05, 0.1) is 10.6 Å². The van der Waals surface area contributed by atoms with Crippen LogP contribution in [0.4, 0.5) is 11.5 Å². The highest BCUT2D eigenvalue weighted by atomic mass is 32.2. The van der Waals surface area contributed by atoms with Crippen LogP contribution in [0, 0.1) is 0 Å². The summed E-state index contributed by atoms with van der Waals surface area (Å²) in [5.74, 6) is 0.647. The zero-order chi connectivity index (χ0) is 14.6. The minimum atomic E-state index is -3.63. The highest BCUT2D eigenvalue weighted by Gasteiger charge is 2.06. The van der Waals surface area contributed by atoms with Crippen LogP contribution in [0.5, 0.6) is 0 Å². The van der Waals surface area contributed by atoms with Gasteiger partial charge in [0.25, 0.3) is 0 Å². The number of pyridine rings is 1. The number of hydrogen-bond donors (Lipinski definition) is 3. The molecule has 20 heavy (non-hydrogen) atoms. The van der Waals surface area contributed by atoms with E-state index in [2.05, 4.69) is 10.3 Å². The molecular formula is C13H16N4O2S. The normalized spacial score (nSPS) is 11.2. The molecule has 0 fully saturated rings. The number of aromatic nitrogens is 1. The van der Waals surface area contributed by atoms with E-state index in [4.69, 9.17) is 10.9 Å². The largest absolute Gasteiger partial charge is 0.396 e. The van der Waals surface area contributed by atoms with Gasteiger partial charge in [-0.1, -0.05) is 12.1 Å². The number of nitrogen functional groups attached to an aromatic ring is 1. The first-order valence-corrected chi connectivity index (χ1v) is 7.57. The van der Waals surface area contributed by atoms with Gasteiger partial charge in [-0.15, -0.1) is 0 Å². The summed E-state index contributed by atoms with van der Waals surface area (Å²) in [5.41, 5.74) is 7.36. The minimum Gasteiger partial charge on any atom is -0.396 e. The van der Waals surface area contributed by atoms with Gasteiger partial charge in [-0.2, -0.15) is 0 Å². The molecule has 0 unspecified atom stereocenters. The van der Waals surface area contributed by atoms with Crippen molar-refractivity contribution in [2.75, 3.05) is 17.6 Å². The fraction of sp³-hybridized carbons (Fsp3) is 0.154. The fourth-order valence-electron chi connectivity index (χ4n) is 1.74. The zero-order valence-corrected chi connectivity index (χ0v) is 11.6. The van der Waals surface area contributed by atoms with E-state index >= 15 is 0 Å². The highest BCUT2D eigenvalue weighted by Crippen LogP contribution is 2.13. The molecule has 1 heterocycles. The van der Waals surface area contributed by atoms with E-state index in [0.29, 0.717) is 18.1 Å². The fourth-order valence-corrected chi connectivity index (χ4v) is 2.25. The standard InChI is InChI=1S/C13H16N4O2S/c14-12-2-1-8-16-13(12)17-9-7-10-3-5-11(6-4-10)20(15,18)19/h1-6,8H,7,9,14H2,(H,16,17)(H2,15,18,19). The summed E-state index contributed by atoms with van der Waals surface area (Å²) >= 11 is 0. The van der Waals surface area contributed by atoms with Crippen LogP contribution in [0.15, 0.2) is 47.5 Å². The average Bonchev–Trinajstić information content (AvgIpc) is 2.40. The molecule has 0 atom stereocenters. The van der Waals surface area contributed by atoms with Gasteiger partial charge in [0.15, 0.2) is 0 Å². The Morgan fingerprint density at radius 1 is 1.15 bits per heavy atom. The Morgan fingerprint density at radius 2 is 1.85 bits per heavy atom. The maximum atomic E-state index is 11.1. The second kappa shape index (κ2) is 5.89. The van der Waals surface area contributed by atoms with Crippen LogP contribution in [-0.4, -0.2) is 19.9 Å². The first-order chi connectivity index (χ1) is 9.47. The molecule has 0 aliphatic heterocycles. The molecule has 2 aromatic rings. The number of rotatable bonds is 5. The summed E-state index contributed by atoms with van der Waals surface area (Å²) in [5, 5.41) is 8.16. The number of nitrogens with one attached hydrogen (secondary N) is 1. The predicted molar refractivity (Wildman–Crippen MR) is 78.7 cm³/mol. The van der Waals surface area contributed by atoms with Crippen LogP contribution in [0.25, 0.3) is 0 Å². The van der Waals surface area contributed by atoms with E-state index in [1.54, 1.807) is 30.5 Å². The van der Waals surface area contributed by atoms with Crippen LogP contribution in [0.2, 0.25) is 0 Å². The lowest BCUT2D eigenvalue weighted by Gasteiger charge is -2.08. The van der Waals surface area contributed by atoms with Gasteiger partial charge in [0.1, 0.15) is 5.82 Å². The molecule has 0 aliphatic carbocycles. The molecule has 0 aliphatic rings. The third kappa shape index (κ3) is 3.69. The van der Waals surface area contributed by atoms with Gasteiger partial charge in [-0.05, 0) is 36.2 Å². The molecule has 0 amide bonds. The van der Waals surface area contributed by atoms with Gasteiger partial charge in [-0.3, -0.25) is 0 Å². The molecule has 1 aromatic carbocycles. The number of nitrogens with two attached hydrogens (primary N) is 2. The molecule has 0 saturated carbocycles. The summed E-state index contributed by atoms with van der Waals surface area (Å²) < 4.78 is 22.2. The summed E-state index contributed by atoms with van der Waals surface area (Å²) in [6, 6.07) is 10.0. The van der Waals surface area contributed by atoms with E-state index in [9.17, 15) is 8.42 Å². The van der Waals surface area contributed by atoms with E-state index in [1.807, 2.05) is 0 Å². The molecule has 0 radical (unpaired) electrons. The van der Waals surface area contributed by atoms with E-state index in [1.165, 1.54) is 12.1 Å². The summed E-state index contributed by atoms with van der Waals surface area (Å²) in [6.45, 7) is 0.649. The average molecular weight is 292 g/mol. The number of hydrogen-bond acceptors (Lipinski definition) is 5. The molecule has 5 N–H and O–H groups in total. The van der Waals surface area contributed by atoms with Gasteiger partial charge in [0.2, 0.25) is 10.0 Å². The number of sulfonamides is 1.